The minimum absolute atomic E-state index is 0. The quantitative estimate of drug-likeness (QED) is 0.176. The van der Waals surface area contributed by atoms with Gasteiger partial charge in [0, 0.05) is 37.3 Å². The fourth-order valence-corrected chi connectivity index (χ4v) is 5.16. The normalized spacial score (nSPS) is 21.1. The van der Waals surface area contributed by atoms with Crippen LogP contribution in [-0.2, 0) is 33.2 Å². The van der Waals surface area contributed by atoms with Crippen molar-refractivity contribution in [2.75, 3.05) is 6.61 Å². The summed E-state index contributed by atoms with van der Waals surface area (Å²) in [5.74, 6) is 0.312. The molecule has 0 aliphatic carbocycles. The number of hydrogen-bond donors (Lipinski definition) is 2. The lowest BCUT2D eigenvalue weighted by molar-refractivity contribution is -0.267. The Balaban J connectivity index is -0.000000392. The first-order valence-electron chi connectivity index (χ1n) is 16.5. The molecule has 2 aliphatic heterocycles. The summed E-state index contributed by atoms with van der Waals surface area (Å²) in [5.41, 5.74) is 1.11. The Hall–Kier alpha value is -3.22. The molecular formula is C43H80O11. The number of benzene rings is 2. The first-order chi connectivity index (χ1) is 22.2. The second-order valence-electron chi connectivity index (χ2n) is 12.9. The number of ether oxygens (including phenoxy) is 7. The van der Waals surface area contributed by atoms with Crippen LogP contribution in [0.5, 0.6) is 11.5 Å². The third-order valence-corrected chi connectivity index (χ3v) is 7.51. The number of carbonyl (C=O) groups is 2. The standard InChI is InChI=1S/C28H36O8.C8H16O3.7CH4/c1-5-21-16-24(34-26(32-21)19-6-10-20(29)11-7-19)17-23-14-15-31-25(33-23)18-8-12-22(13-9-18)35-27(30)36-28(2,3)4;1-4-8(10)5-6(2)11-7(3)9;;;;;;;/h6-13,21,23-26,29H,5,14-17H2,1-4H3;6,8,10H,4-5H2,1-3H3;7*1H4. The molecule has 11 heteroatoms. The smallest absolute Gasteiger partial charge is 0.508 e. The number of carbonyl (C=O) groups excluding carboxylic acids is 2. The molecule has 7 atom stereocenters. The lowest BCUT2D eigenvalue weighted by Crippen LogP contribution is -2.37. The first-order valence-corrected chi connectivity index (χ1v) is 16.5. The Morgan fingerprint density at radius 2 is 1.33 bits per heavy atom. The van der Waals surface area contributed by atoms with E-state index in [1.54, 1.807) is 52.0 Å². The van der Waals surface area contributed by atoms with Gasteiger partial charge >= 0.3 is 12.1 Å². The third kappa shape index (κ3) is 21.6. The molecule has 0 saturated carbocycles. The Labute approximate surface area is 330 Å². The summed E-state index contributed by atoms with van der Waals surface area (Å²) in [7, 11) is 0. The van der Waals surface area contributed by atoms with E-state index in [-0.39, 0.29) is 94.2 Å². The Bertz CT molecular complexity index is 1230. The van der Waals surface area contributed by atoms with Gasteiger partial charge in [0.1, 0.15) is 23.2 Å². The highest BCUT2D eigenvalue weighted by atomic mass is 16.7. The van der Waals surface area contributed by atoms with Crippen LogP contribution in [0.25, 0.3) is 0 Å². The molecule has 0 radical (unpaired) electrons. The molecule has 0 aromatic heterocycles. The summed E-state index contributed by atoms with van der Waals surface area (Å²) in [6.07, 6.45) is 2.22. The predicted octanol–water partition coefficient (Wildman–Crippen LogP) is 11.7. The minimum Gasteiger partial charge on any atom is -0.508 e. The largest absolute Gasteiger partial charge is 0.514 e. The van der Waals surface area contributed by atoms with Crippen LogP contribution < -0.4 is 4.74 Å². The maximum atomic E-state index is 11.9. The number of rotatable bonds is 10. The Morgan fingerprint density at radius 1 is 0.815 bits per heavy atom. The second kappa shape index (κ2) is 29.1. The van der Waals surface area contributed by atoms with Crippen LogP contribution in [0, 0.1) is 0 Å². The minimum atomic E-state index is -0.743. The Kier molecular flexibility index (Phi) is 32.4. The lowest BCUT2D eigenvalue weighted by Gasteiger charge is -2.38. The van der Waals surface area contributed by atoms with E-state index in [1.807, 2.05) is 31.2 Å². The molecule has 2 aromatic carbocycles. The molecule has 11 nitrogen and oxygen atoms in total. The van der Waals surface area contributed by atoms with E-state index >= 15 is 0 Å². The topological polar surface area (TPSA) is 139 Å². The van der Waals surface area contributed by atoms with Crippen molar-refractivity contribution in [3.63, 3.8) is 0 Å². The van der Waals surface area contributed by atoms with Crippen LogP contribution in [-0.4, -0.2) is 65.1 Å². The first kappa shape index (κ1) is 60.0. The zero-order chi connectivity index (χ0) is 34.6. The average Bonchev–Trinajstić information content (AvgIpc) is 3.00. The maximum absolute atomic E-state index is 11.9. The van der Waals surface area contributed by atoms with E-state index in [0.717, 1.165) is 36.8 Å². The van der Waals surface area contributed by atoms with Crippen LogP contribution in [0.15, 0.2) is 48.5 Å². The van der Waals surface area contributed by atoms with Gasteiger partial charge in [-0.3, -0.25) is 4.79 Å². The van der Waals surface area contributed by atoms with Crippen LogP contribution in [0.4, 0.5) is 4.79 Å². The van der Waals surface area contributed by atoms with E-state index in [0.29, 0.717) is 25.2 Å². The zero-order valence-electron chi connectivity index (χ0n) is 28.7. The van der Waals surface area contributed by atoms with Gasteiger partial charge in [-0.15, -0.1) is 0 Å². The highest BCUT2D eigenvalue weighted by Gasteiger charge is 2.34. The number of phenols is 1. The monoisotopic (exact) mass is 773 g/mol. The molecule has 0 bridgehead atoms. The summed E-state index contributed by atoms with van der Waals surface area (Å²) in [6, 6.07) is 14.0. The highest BCUT2D eigenvalue weighted by molar-refractivity contribution is 5.66. The van der Waals surface area contributed by atoms with Crippen molar-refractivity contribution in [1.82, 2.24) is 0 Å². The molecule has 2 N–H and O–H groups in total. The third-order valence-electron chi connectivity index (χ3n) is 7.51. The number of aliphatic hydroxyl groups is 1. The van der Waals surface area contributed by atoms with Gasteiger partial charge in [-0.05, 0) is 71.2 Å². The Morgan fingerprint density at radius 3 is 1.85 bits per heavy atom. The van der Waals surface area contributed by atoms with E-state index in [1.165, 1.54) is 6.92 Å². The molecule has 2 aliphatic rings. The second-order valence-corrected chi connectivity index (χ2v) is 12.9. The predicted molar refractivity (Wildman–Crippen MR) is 221 cm³/mol. The van der Waals surface area contributed by atoms with Crippen molar-refractivity contribution >= 4 is 12.1 Å². The van der Waals surface area contributed by atoms with Crippen LogP contribution in [0.3, 0.4) is 0 Å². The zero-order valence-corrected chi connectivity index (χ0v) is 28.7. The summed E-state index contributed by atoms with van der Waals surface area (Å²) >= 11 is 0. The van der Waals surface area contributed by atoms with Crippen molar-refractivity contribution in [3.05, 3.63) is 59.7 Å². The molecule has 7 unspecified atom stereocenters. The fraction of sp³-hybridized carbons (Fsp3) is 0.674. The molecule has 2 saturated heterocycles. The van der Waals surface area contributed by atoms with E-state index in [2.05, 4.69) is 6.92 Å². The summed E-state index contributed by atoms with van der Waals surface area (Å²) < 4.78 is 39.8. The van der Waals surface area contributed by atoms with Gasteiger partial charge in [0.05, 0.1) is 31.0 Å². The van der Waals surface area contributed by atoms with Crippen molar-refractivity contribution in [2.45, 2.75) is 188 Å². The molecule has 4 rings (SSSR count). The molecule has 2 heterocycles. The number of hydrogen-bond acceptors (Lipinski definition) is 11. The van der Waals surface area contributed by atoms with Crippen molar-refractivity contribution in [3.8, 4) is 11.5 Å². The van der Waals surface area contributed by atoms with Gasteiger partial charge in [-0.1, -0.05) is 90.1 Å². The molecule has 318 valence electrons. The number of aliphatic hydroxyl groups excluding tert-OH is 1. The van der Waals surface area contributed by atoms with Gasteiger partial charge in [-0.25, -0.2) is 4.79 Å². The van der Waals surface area contributed by atoms with E-state index in [4.69, 9.17) is 38.3 Å². The number of aromatic hydroxyl groups is 1. The molecule has 2 fully saturated rings. The molecule has 2 aromatic rings. The van der Waals surface area contributed by atoms with Gasteiger partial charge in [0.2, 0.25) is 0 Å². The van der Waals surface area contributed by atoms with Crippen molar-refractivity contribution < 1.29 is 53.0 Å². The van der Waals surface area contributed by atoms with Crippen LogP contribution >= 0.6 is 0 Å². The summed E-state index contributed by atoms with van der Waals surface area (Å²) in [5, 5.41) is 18.7. The molecule has 0 spiro atoms. The lowest BCUT2D eigenvalue weighted by atomic mass is 9.99. The van der Waals surface area contributed by atoms with Gasteiger partial charge in [-0.2, -0.15) is 0 Å². The highest BCUT2D eigenvalue weighted by Crippen LogP contribution is 2.36. The van der Waals surface area contributed by atoms with Gasteiger partial charge < -0.3 is 43.4 Å². The van der Waals surface area contributed by atoms with Crippen LogP contribution in [0.2, 0.25) is 0 Å². The van der Waals surface area contributed by atoms with Crippen LogP contribution in [0.1, 0.15) is 163 Å². The molecule has 54 heavy (non-hydrogen) atoms. The molecule has 0 amide bonds. The molecular weight excluding hydrogens is 692 g/mol. The maximum Gasteiger partial charge on any atom is 0.514 e. The number of esters is 1. The van der Waals surface area contributed by atoms with E-state index in [9.17, 15) is 14.7 Å². The van der Waals surface area contributed by atoms with Gasteiger partial charge in [0.25, 0.3) is 0 Å². The van der Waals surface area contributed by atoms with E-state index < -0.39 is 24.3 Å². The SMILES string of the molecule is C.C.C.C.C.C.C.CCC(O)CC(C)OC(C)=O.CCC1CC(CC2CCOC(c3ccc(OC(=O)OC(C)(C)C)cc3)O2)OC(c2ccc(O)cc2)O1. The summed E-state index contributed by atoms with van der Waals surface area (Å²) in [6.45, 7) is 13.1. The van der Waals surface area contributed by atoms with Gasteiger partial charge in [0.15, 0.2) is 12.6 Å². The average molecular weight is 773 g/mol. The number of phenolic OH excluding ortho intramolecular Hbond substituents is 1. The van der Waals surface area contributed by atoms with Crippen molar-refractivity contribution in [2.24, 2.45) is 0 Å². The summed E-state index contributed by atoms with van der Waals surface area (Å²) in [4.78, 5) is 22.3. The fourth-order valence-electron chi connectivity index (χ4n) is 5.16. The van der Waals surface area contributed by atoms with Crippen molar-refractivity contribution in [1.29, 1.82) is 0 Å².